The SMILES string of the molecule is CCCCCCCCCCC1CCC(C2CCC(c3ccc(Br)cc3)CC2)CC1. The van der Waals surface area contributed by atoms with Gasteiger partial charge in [-0.1, -0.05) is 106 Å². The van der Waals surface area contributed by atoms with Crippen molar-refractivity contribution in [1.29, 1.82) is 0 Å². The molecule has 2 fully saturated rings. The number of rotatable bonds is 11. The van der Waals surface area contributed by atoms with Gasteiger partial charge in [0.25, 0.3) is 0 Å². The molecule has 0 heterocycles. The summed E-state index contributed by atoms with van der Waals surface area (Å²) in [5.41, 5.74) is 1.57. The molecule has 2 aliphatic rings. The van der Waals surface area contributed by atoms with E-state index in [0.717, 1.165) is 23.7 Å². The normalized spacial score (nSPS) is 27.8. The topological polar surface area (TPSA) is 0 Å². The van der Waals surface area contributed by atoms with Crippen LogP contribution in [0.5, 0.6) is 0 Å². The maximum atomic E-state index is 3.57. The van der Waals surface area contributed by atoms with Crippen molar-refractivity contribution in [3.8, 4) is 0 Å². The Labute approximate surface area is 189 Å². The minimum Gasteiger partial charge on any atom is -0.0654 e. The van der Waals surface area contributed by atoms with Gasteiger partial charge in [-0.25, -0.2) is 0 Å². The second kappa shape index (κ2) is 13.2. The van der Waals surface area contributed by atoms with Gasteiger partial charge in [0.2, 0.25) is 0 Å². The van der Waals surface area contributed by atoms with Crippen LogP contribution in [0.4, 0.5) is 0 Å². The van der Waals surface area contributed by atoms with Crippen molar-refractivity contribution in [2.45, 2.75) is 122 Å². The van der Waals surface area contributed by atoms with Crippen molar-refractivity contribution in [3.63, 3.8) is 0 Å². The van der Waals surface area contributed by atoms with Crippen LogP contribution in [0.25, 0.3) is 0 Å². The molecule has 0 spiro atoms. The first kappa shape index (κ1) is 23.4. The van der Waals surface area contributed by atoms with E-state index >= 15 is 0 Å². The Morgan fingerprint density at radius 2 is 1.17 bits per heavy atom. The first-order valence-electron chi connectivity index (χ1n) is 13.0. The minimum absolute atomic E-state index is 0.817. The highest BCUT2D eigenvalue weighted by atomic mass is 79.9. The van der Waals surface area contributed by atoms with Gasteiger partial charge in [-0.05, 0) is 79.9 Å². The van der Waals surface area contributed by atoms with E-state index < -0.39 is 0 Å². The lowest BCUT2D eigenvalue weighted by Crippen LogP contribution is -2.25. The average Bonchev–Trinajstić information content (AvgIpc) is 2.77. The average molecular weight is 462 g/mol. The van der Waals surface area contributed by atoms with Crippen LogP contribution in [0, 0.1) is 17.8 Å². The van der Waals surface area contributed by atoms with E-state index in [9.17, 15) is 0 Å². The molecule has 0 bridgehead atoms. The summed E-state index contributed by atoms with van der Waals surface area (Å²) in [6.45, 7) is 2.31. The number of unbranched alkanes of at least 4 members (excludes halogenated alkanes) is 7. The predicted octanol–water partition coefficient (Wildman–Crippen LogP) is 10.1. The van der Waals surface area contributed by atoms with Crippen molar-refractivity contribution in [1.82, 2.24) is 0 Å². The highest BCUT2D eigenvalue weighted by molar-refractivity contribution is 9.10. The molecular formula is C28H45Br. The van der Waals surface area contributed by atoms with E-state index in [1.807, 2.05) is 0 Å². The molecule has 0 amide bonds. The Balaban J connectivity index is 1.25. The minimum atomic E-state index is 0.817. The fourth-order valence-corrected chi connectivity index (χ4v) is 6.44. The summed E-state index contributed by atoms with van der Waals surface area (Å²) in [4.78, 5) is 0. The van der Waals surface area contributed by atoms with Gasteiger partial charge < -0.3 is 0 Å². The van der Waals surface area contributed by atoms with E-state index in [0.29, 0.717) is 0 Å². The van der Waals surface area contributed by atoms with Gasteiger partial charge in [0.15, 0.2) is 0 Å². The van der Waals surface area contributed by atoms with Gasteiger partial charge in [-0.2, -0.15) is 0 Å². The molecule has 0 radical (unpaired) electrons. The van der Waals surface area contributed by atoms with Crippen LogP contribution in [-0.2, 0) is 0 Å². The number of hydrogen-bond acceptors (Lipinski definition) is 0. The molecule has 164 valence electrons. The van der Waals surface area contributed by atoms with Crippen LogP contribution in [-0.4, -0.2) is 0 Å². The number of benzene rings is 1. The lowest BCUT2D eigenvalue weighted by atomic mass is 9.68. The molecule has 0 atom stereocenters. The summed E-state index contributed by atoms with van der Waals surface area (Å²) in [5, 5.41) is 0. The summed E-state index contributed by atoms with van der Waals surface area (Å²) in [7, 11) is 0. The fraction of sp³-hybridized carbons (Fsp3) is 0.786. The molecule has 0 nitrogen and oxygen atoms in total. The summed E-state index contributed by atoms with van der Waals surface area (Å²) < 4.78 is 1.21. The molecule has 0 N–H and O–H groups in total. The van der Waals surface area contributed by atoms with Gasteiger partial charge in [0, 0.05) is 4.47 Å². The zero-order valence-electron chi connectivity index (χ0n) is 19.0. The number of halogens is 1. The molecular weight excluding hydrogens is 416 g/mol. The van der Waals surface area contributed by atoms with E-state index in [4.69, 9.17) is 0 Å². The number of hydrogen-bond donors (Lipinski definition) is 0. The third kappa shape index (κ3) is 8.04. The van der Waals surface area contributed by atoms with E-state index in [1.165, 1.54) is 114 Å². The summed E-state index contributed by atoms with van der Waals surface area (Å²) in [6.07, 6.45) is 25.2. The van der Waals surface area contributed by atoms with Crippen LogP contribution >= 0.6 is 15.9 Å². The maximum Gasteiger partial charge on any atom is 0.0175 e. The Kier molecular flexibility index (Phi) is 10.6. The Morgan fingerprint density at radius 1 is 0.655 bits per heavy atom. The Hall–Kier alpha value is -0.300. The molecule has 1 heteroatoms. The molecule has 1 aromatic carbocycles. The van der Waals surface area contributed by atoms with Crippen LogP contribution in [0.3, 0.4) is 0 Å². The van der Waals surface area contributed by atoms with Crippen molar-refractivity contribution in [2.24, 2.45) is 17.8 Å². The molecule has 29 heavy (non-hydrogen) atoms. The molecule has 1 aromatic rings. The summed E-state index contributed by atoms with van der Waals surface area (Å²) in [6, 6.07) is 9.11. The van der Waals surface area contributed by atoms with E-state index in [1.54, 1.807) is 5.56 Å². The first-order chi connectivity index (χ1) is 14.3. The fourth-order valence-electron chi connectivity index (χ4n) is 6.17. The van der Waals surface area contributed by atoms with Gasteiger partial charge in [0.05, 0.1) is 0 Å². The van der Waals surface area contributed by atoms with E-state index in [-0.39, 0.29) is 0 Å². The van der Waals surface area contributed by atoms with E-state index in [2.05, 4.69) is 47.1 Å². The van der Waals surface area contributed by atoms with Crippen molar-refractivity contribution >= 4 is 15.9 Å². The summed E-state index contributed by atoms with van der Waals surface area (Å²) >= 11 is 3.57. The largest absolute Gasteiger partial charge is 0.0654 e. The first-order valence-corrected chi connectivity index (χ1v) is 13.8. The maximum absolute atomic E-state index is 3.57. The van der Waals surface area contributed by atoms with Gasteiger partial charge in [-0.3, -0.25) is 0 Å². The molecule has 0 unspecified atom stereocenters. The molecule has 2 saturated carbocycles. The highest BCUT2D eigenvalue weighted by Crippen LogP contribution is 2.44. The van der Waals surface area contributed by atoms with Crippen LogP contribution in [0.2, 0.25) is 0 Å². The monoisotopic (exact) mass is 460 g/mol. The Bertz CT molecular complexity index is 532. The van der Waals surface area contributed by atoms with Gasteiger partial charge in [0.1, 0.15) is 0 Å². The van der Waals surface area contributed by atoms with Crippen molar-refractivity contribution in [2.75, 3.05) is 0 Å². The third-order valence-corrected chi connectivity index (χ3v) is 8.67. The van der Waals surface area contributed by atoms with Gasteiger partial charge in [-0.15, -0.1) is 0 Å². The lowest BCUT2D eigenvalue weighted by Gasteiger charge is -2.38. The molecule has 0 aliphatic heterocycles. The van der Waals surface area contributed by atoms with Crippen LogP contribution < -0.4 is 0 Å². The molecule has 0 aromatic heterocycles. The lowest BCUT2D eigenvalue weighted by molar-refractivity contribution is 0.155. The van der Waals surface area contributed by atoms with Gasteiger partial charge >= 0.3 is 0 Å². The molecule has 2 aliphatic carbocycles. The zero-order chi connectivity index (χ0) is 20.3. The Morgan fingerprint density at radius 3 is 1.76 bits per heavy atom. The van der Waals surface area contributed by atoms with Crippen LogP contribution in [0.15, 0.2) is 28.7 Å². The molecule has 0 saturated heterocycles. The standard InChI is InChI=1S/C28H45Br/c1-2-3-4-5-6-7-8-9-10-23-11-13-24(14-12-23)25-15-17-26(18-16-25)27-19-21-28(29)22-20-27/h19-26H,2-18H2,1H3. The smallest absolute Gasteiger partial charge is 0.0175 e. The predicted molar refractivity (Wildman–Crippen MR) is 132 cm³/mol. The quantitative estimate of drug-likeness (QED) is 0.288. The summed E-state index contributed by atoms with van der Waals surface area (Å²) in [5.74, 6) is 3.96. The van der Waals surface area contributed by atoms with Crippen molar-refractivity contribution in [3.05, 3.63) is 34.3 Å². The second-order valence-corrected chi connectivity index (χ2v) is 11.1. The van der Waals surface area contributed by atoms with Crippen LogP contribution in [0.1, 0.15) is 128 Å². The zero-order valence-corrected chi connectivity index (χ0v) is 20.6. The third-order valence-electron chi connectivity index (χ3n) is 8.14. The highest BCUT2D eigenvalue weighted by Gasteiger charge is 2.31. The second-order valence-electron chi connectivity index (χ2n) is 10.2. The van der Waals surface area contributed by atoms with Crippen molar-refractivity contribution < 1.29 is 0 Å². The molecule has 3 rings (SSSR count).